The Kier molecular flexibility index (Phi) is 6.73. The van der Waals surface area contributed by atoms with E-state index in [2.05, 4.69) is 25.2 Å². The highest BCUT2D eigenvalue weighted by atomic mass is 19.4. The Morgan fingerprint density at radius 3 is 2.52 bits per heavy atom. The molecule has 0 radical (unpaired) electrons. The molecule has 0 saturated carbocycles. The summed E-state index contributed by atoms with van der Waals surface area (Å²) < 4.78 is 56.0. The van der Waals surface area contributed by atoms with E-state index in [1.807, 2.05) is 9.47 Å². The fraction of sp³-hybridized carbons (Fsp3) is 0.481. The lowest BCUT2D eigenvalue weighted by atomic mass is 9.90. The van der Waals surface area contributed by atoms with Crippen LogP contribution < -0.4 is 10.2 Å². The Morgan fingerprint density at radius 2 is 1.80 bits per heavy atom. The van der Waals surface area contributed by atoms with Crippen molar-refractivity contribution in [3.05, 3.63) is 53.5 Å². The summed E-state index contributed by atoms with van der Waals surface area (Å²) in [7, 11) is 0. The van der Waals surface area contributed by atoms with E-state index < -0.39 is 23.2 Å². The van der Waals surface area contributed by atoms with Crippen LogP contribution in [0.15, 0.2) is 30.7 Å². The van der Waals surface area contributed by atoms with Crippen LogP contribution in [0.2, 0.25) is 0 Å². The third kappa shape index (κ3) is 5.03. The number of nitrogens with zero attached hydrogens (tertiary/aromatic N) is 6. The highest BCUT2D eigenvalue weighted by Gasteiger charge is 2.40. The first-order valence-corrected chi connectivity index (χ1v) is 13.4. The van der Waals surface area contributed by atoms with Crippen molar-refractivity contribution in [3.8, 4) is 11.3 Å². The Bertz CT molecular complexity index is 1430. The second-order valence-electron chi connectivity index (χ2n) is 10.7. The number of halogens is 4. The minimum Gasteiger partial charge on any atom is -0.382 e. The van der Waals surface area contributed by atoms with Gasteiger partial charge in [0.15, 0.2) is 0 Å². The van der Waals surface area contributed by atoms with E-state index in [1.54, 1.807) is 6.20 Å². The molecular weight excluding hydrogens is 530 g/mol. The van der Waals surface area contributed by atoms with Crippen LogP contribution >= 0.6 is 0 Å². The highest BCUT2D eigenvalue weighted by molar-refractivity contribution is 5.99. The quantitative estimate of drug-likeness (QED) is 0.446. The summed E-state index contributed by atoms with van der Waals surface area (Å²) in [5, 5.41) is 14.6. The predicted octanol–water partition coefficient (Wildman–Crippen LogP) is 3.58. The molecule has 3 aromatic rings. The molecule has 212 valence electrons. The number of likely N-dealkylation sites (tertiary alicyclic amines) is 1. The number of benzene rings is 1. The molecule has 9 nitrogen and oxygen atoms in total. The molecule has 1 aromatic carbocycles. The van der Waals surface area contributed by atoms with E-state index >= 15 is 0 Å². The number of hydrogen-bond donors (Lipinski definition) is 2. The van der Waals surface area contributed by atoms with Crippen LogP contribution in [0, 0.1) is 5.82 Å². The third-order valence-electron chi connectivity index (χ3n) is 8.02. The van der Waals surface area contributed by atoms with Crippen molar-refractivity contribution in [1.29, 1.82) is 0 Å². The maximum Gasteiger partial charge on any atom is 0.419 e. The fourth-order valence-corrected chi connectivity index (χ4v) is 5.85. The number of carbonyl (C=O) groups excluding carboxylic acids is 1. The number of nitrogens with one attached hydrogen (secondary N) is 1. The molecule has 0 aliphatic carbocycles. The molecule has 5 heterocycles. The van der Waals surface area contributed by atoms with Crippen molar-refractivity contribution >= 4 is 17.5 Å². The molecule has 2 aromatic heterocycles. The summed E-state index contributed by atoms with van der Waals surface area (Å²) in [4.78, 5) is 29.4. The molecule has 0 bridgehead atoms. The van der Waals surface area contributed by atoms with Crippen molar-refractivity contribution in [2.75, 3.05) is 42.9 Å². The third-order valence-corrected chi connectivity index (χ3v) is 8.02. The number of aromatic nitrogens is 4. The van der Waals surface area contributed by atoms with Crippen molar-refractivity contribution in [2.45, 2.75) is 50.4 Å². The molecule has 6 rings (SSSR count). The lowest BCUT2D eigenvalue weighted by molar-refractivity contribution is -0.140. The topological polar surface area (TPSA) is 99.4 Å². The molecule has 40 heavy (non-hydrogen) atoms. The molecule has 0 unspecified atom stereocenters. The predicted molar refractivity (Wildman–Crippen MR) is 138 cm³/mol. The molecule has 13 heteroatoms. The lowest BCUT2D eigenvalue weighted by Crippen LogP contribution is -2.45. The molecular formula is C27H29F4N7O2. The van der Waals surface area contributed by atoms with E-state index in [0.29, 0.717) is 49.9 Å². The van der Waals surface area contributed by atoms with Crippen molar-refractivity contribution in [3.63, 3.8) is 0 Å². The van der Waals surface area contributed by atoms with E-state index in [0.717, 1.165) is 50.2 Å². The Labute approximate surface area is 227 Å². The number of rotatable bonds is 6. The maximum atomic E-state index is 14.0. The smallest absolute Gasteiger partial charge is 0.382 e. The zero-order valence-electron chi connectivity index (χ0n) is 21.7. The molecule has 3 aliphatic rings. The van der Waals surface area contributed by atoms with Gasteiger partial charge in [0.2, 0.25) is 5.91 Å². The standard InChI is InChI=1S/C27H29F4N7O2/c28-20-4-3-17(13-19(20)27(29,30)31)21-15-38(12-11-36-7-1-2-8-36)25(34-21)26(40)5-9-37(10-6-26)24-18-14-22(39)35-23(18)32-16-33-24/h3-4,13,15-16,40H,1-2,5-12,14H2,(H,32,33,35,39). The normalized spacial score (nSPS) is 19.2. The van der Waals surface area contributed by atoms with Gasteiger partial charge < -0.3 is 24.8 Å². The average molecular weight is 560 g/mol. The number of imidazole rings is 1. The van der Waals surface area contributed by atoms with Crippen LogP contribution in [0.3, 0.4) is 0 Å². The molecule has 1 amide bonds. The van der Waals surface area contributed by atoms with Gasteiger partial charge in [0.05, 0.1) is 17.7 Å². The molecule has 0 atom stereocenters. The number of amides is 1. The van der Waals surface area contributed by atoms with Crippen LogP contribution in [0.1, 0.15) is 42.6 Å². The van der Waals surface area contributed by atoms with Crippen LogP contribution in [-0.4, -0.2) is 68.2 Å². The van der Waals surface area contributed by atoms with Gasteiger partial charge in [-0.1, -0.05) is 0 Å². The maximum absolute atomic E-state index is 14.0. The van der Waals surface area contributed by atoms with Gasteiger partial charge in [0.1, 0.15) is 35.2 Å². The highest BCUT2D eigenvalue weighted by Crippen LogP contribution is 2.39. The van der Waals surface area contributed by atoms with E-state index in [1.165, 1.54) is 12.4 Å². The number of piperidine rings is 1. The zero-order valence-corrected chi connectivity index (χ0v) is 21.7. The summed E-state index contributed by atoms with van der Waals surface area (Å²) in [6.45, 7) is 4.03. The number of aliphatic hydroxyl groups is 1. The van der Waals surface area contributed by atoms with Gasteiger partial charge in [-0.2, -0.15) is 13.2 Å². The number of hydrogen-bond acceptors (Lipinski definition) is 7. The van der Waals surface area contributed by atoms with Gasteiger partial charge in [-0.3, -0.25) is 4.79 Å². The van der Waals surface area contributed by atoms with Gasteiger partial charge in [0, 0.05) is 56.3 Å². The zero-order chi connectivity index (χ0) is 28.1. The van der Waals surface area contributed by atoms with Gasteiger partial charge in [-0.25, -0.2) is 19.3 Å². The molecule has 2 saturated heterocycles. The number of carbonyl (C=O) groups is 1. The Balaban J connectivity index is 1.29. The molecule has 0 spiro atoms. The van der Waals surface area contributed by atoms with Gasteiger partial charge in [-0.15, -0.1) is 0 Å². The number of alkyl halides is 3. The summed E-state index contributed by atoms with van der Waals surface area (Å²) in [5.74, 6) is 0.0326. The van der Waals surface area contributed by atoms with Gasteiger partial charge >= 0.3 is 6.18 Å². The number of fused-ring (bicyclic) bond motifs is 1. The molecule has 3 aliphatic heterocycles. The minimum atomic E-state index is -4.84. The van der Waals surface area contributed by atoms with E-state index in [9.17, 15) is 27.5 Å². The van der Waals surface area contributed by atoms with Crippen molar-refractivity contribution < 1.29 is 27.5 Å². The van der Waals surface area contributed by atoms with Crippen LogP contribution in [0.5, 0.6) is 0 Å². The summed E-state index contributed by atoms with van der Waals surface area (Å²) in [6.07, 6.45) is 1.22. The van der Waals surface area contributed by atoms with Gasteiger partial charge in [0.25, 0.3) is 0 Å². The second kappa shape index (κ2) is 10.1. The largest absolute Gasteiger partial charge is 0.419 e. The van der Waals surface area contributed by atoms with E-state index in [4.69, 9.17) is 0 Å². The Morgan fingerprint density at radius 1 is 1.05 bits per heavy atom. The van der Waals surface area contributed by atoms with Gasteiger partial charge in [-0.05, 0) is 44.1 Å². The van der Waals surface area contributed by atoms with E-state index in [-0.39, 0.29) is 23.6 Å². The SMILES string of the molecule is O=C1Cc2c(ncnc2N2CCC(O)(c3nc(-c4ccc(F)c(C(F)(F)F)c4)cn3CCN3CCCC3)CC2)N1. The van der Waals surface area contributed by atoms with Crippen LogP contribution in [-0.2, 0) is 29.5 Å². The summed E-state index contributed by atoms with van der Waals surface area (Å²) in [6, 6.07) is 2.84. The first-order chi connectivity index (χ1) is 19.1. The van der Waals surface area contributed by atoms with Crippen molar-refractivity contribution in [1.82, 2.24) is 24.4 Å². The lowest BCUT2D eigenvalue weighted by Gasteiger charge is -2.39. The second-order valence-corrected chi connectivity index (χ2v) is 10.7. The van der Waals surface area contributed by atoms with Crippen LogP contribution in [0.4, 0.5) is 29.2 Å². The minimum absolute atomic E-state index is 0.129. The first-order valence-electron chi connectivity index (χ1n) is 13.4. The first kappa shape index (κ1) is 26.6. The average Bonchev–Trinajstić information content (AvgIpc) is 3.67. The van der Waals surface area contributed by atoms with Crippen LogP contribution in [0.25, 0.3) is 11.3 Å². The molecule has 2 N–H and O–H groups in total. The molecule has 2 fully saturated rings. The number of anilines is 2. The summed E-state index contributed by atoms with van der Waals surface area (Å²) in [5.41, 5.74) is -1.59. The van der Waals surface area contributed by atoms with Crippen molar-refractivity contribution in [2.24, 2.45) is 0 Å². The fourth-order valence-electron chi connectivity index (χ4n) is 5.85. The summed E-state index contributed by atoms with van der Waals surface area (Å²) >= 11 is 0. The monoisotopic (exact) mass is 559 g/mol. The Hall–Kier alpha value is -3.58.